The molecule has 2 rings (SSSR count). The number of urea groups is 1. The molecule has 0 spiro atoms. The maximum atomic E-state index is 13.0. The molecule has 0 aromatic heterocycles. The summed E-state index contributed by atoms with van der Waals surface area (Å²) in [5, 5.41) is 2.76. The van der Waals surface area contributed by atoms with Crippen LogP contribution in [0.3, 0.4) is 0 Å². The summed E-state index contributed by atoms with van der Waals surface area (Å²) >= 11 is 0. The summed E-state index contributed by atoms with van der Waals surface area (Å²) in [6, 6.07) is 6.96. The standard InChI is InChI=1S/C21H31N3O3/c1-14(2)11-23(12-15(3)4)18(25)13-24-19(26)21(6,22-20(24)27)17-9-7-16(5)8-10-17/h7-10,14-15H,11-13H2,1-6H3,(H,22,27). The molecule has 1 aliphatic rings. The number of hydrogen-bond acceptors (Lipinski definition) is 3. The van der Waals surface area contributed by atoms with E-state index in [1.165, 1.54) is 0 Å². The average molecular weight is 373 g/mol. The van der Waals surface area contributed by atoms with Crippen molar-refractivity contribution in [1.82, 2.24) is 15.1 Å². The Hall–Kier alpha value is -2.37. The number of carbonyl (C=O) groups excluding carboxylic acids is 3. The van der Waals surface area contributed by atoms with E-state index < -0.39 is 17.5 Å². The highest BCUT2D eigenvalue weighted by Gasteiger charge is 2.49. The second-order valence-corrected chi connectivity index (χ2v) is 8.40. The predicted octanol–water partition coefficient (Wildman–Crippen LogP) is 2.90. The Balaban J connectivity index is 2.18. The lowest BCUT2D eigenvalue weighted by Crippen LogP contribution is -2.46. The van der Waals surface area contributed by atoms with Crippen LogP contribution in [0.2, 0.25) is 0 Å². The molecule has 4 amide bonds. The summed E-state index contributed by atoms with van der Waals surface area (Å²) in [6.45, 7) is 12.8. The lowest BCUT2D eigenvalue weighted by Gasteiger charge is -2.28. The number of nitrogens with one attached hydrogen (secondary N) is 1. The number of aryl methyl sites for hydroxylation is 1. The molecule has 1 atom stereocenters. The number of hydrogen-bond donors (Lipinski definition) is 1. The van der Waals surface area contributed by atoms with Crippen LogP contribution in [0, 0.1) is 18.8 Å². The number of nitrogens with zero attached hydrogens (tertiary/aromatic N) is 2. The van der Waals surface area contributed by atoms with E-state index in [0.29, 0.717) is 30.5 Å². The Kier molecular flexibility index (Phi) is 6.29. The Morgan fingerprint density at radius 3 is 2.07 bits per heavy atom. The molecule has 1 aliphatic heterocycles. The summed E-state index contributed by atoms with van der Waals surface area (Å²) in [7, 11) is 0. The van der Waals surface area contributed by atoms with Gasteiger partial charge in [-0.3, -0.25) is 14.5 Å². The lowest BCUT2D eigenvalue weighted by atomic mass is 9.91. The molecule has 0 saturated carbocycles. The van der Waals surface area contributed by atoms with Gasteiger partial charge in [-0.15, -0.1) is 0 Å². The van der Waals surface area contributed by atoms with Crippen molar-refractivity contribution >= 4 is 17.8 Å². The Morgan fingerprint density at radius 1 is 1.07 bits per heavy atom. The first-order valence-corrected chi connectivity index (χ1v) is 9.53. The molecule has 0 aliphatic carbocycles. The molecule has 1 aromatic carbocycles. The SMILES string of the molecule is Cc1ccc(C2(C)NC(=O)N(CC(=O)N(CC(C)C)CC(C)C)C2=O)cc1. The number of rotatable bonds is 7. The van der Waals surface area contributed by atoms with Gasteiger partial charge in [0.2, 0.25) is 5.91 Å². The van der Waals surface area contributed by atoms with Gasteiger partial charge in [0.05, 0.1) is 0 Å². The Labute approximate surface area is 161 Å². The van der Waals surface area contributed by atoms with Gasteiger partial charge in [0.25, 0.3) is 5.91 Å². The fourth-order valence-corrected chi connectivity index (χ4v) is 3.32. The minimum Gasteiger partial charge on any atom is -0.341 e. The highest BCUT2D eigenvalue weighted by molar-refractivity contribution is 6.09. The number of amides is 4. The molecule has 148 valence electrons. The van der Waals surface area contributed by atoms with Crippen molar-refractivity contribution < 1.29 is 14.4 Å². The van der Waals surface area contributed by atoms with Gasteiger partial charge in [-0.2, -0.15) is 0 Å². The molecule has 27 heavy (non-hydrogen) atoms. The van der Waals surface area contributed by atoms with Gasteiger partial charge < -0.3 is 10.2 Å². The second-order valence-electron chi connectivity index (χ2n) is 8.40. The van der Waals surface area contributed by atoms with Crippen molar-refractivity contribution in [2.24, 2.45) is 11.8 Å². The number of imide groups is 1. The van der Waals surface area contributed by atoms with Crippen LogP contribution < -0.4 is 5.32 Å². The monoisotopic (exact) mass is 373 g/mol. The van der Waals surface area contributed by atoms with Crippen molar-refractivity contribution in [2.45, 2.75) is 47.1 Å². The summed E-state index contributed by atoms with van der Waals surface area (Å²) in [5.41, 5.74) is 0.637. The summed E-state index contributed by atoms with van der Waals surface area (Å²) in [6.07, 6.45) is 0. The average Bonchev–Trinajstić information content (AvgIpc) is 2.78. The van der Waals surface area contributed by atoms with Gasteiger partial charge in [0.1, 0.15) is 12.1 Å². The fraction of sp³-hybridized carbons (Fsp3) is 0.571. The minimum atomic E-state index is -1.15. The zero-order valence-electron chi connectivity index (χ0n) is 17.2. The Bertz CT molecular complexity index is 702. The number of benzene rings is 1. The van der Waals surface area contributed by atoms with Crippen LogP contribution in [0.4, 0.5) is 4.79 Å². The molecule has 0 bridgehead atoms. The normalized spacial score (nSPS) is 19.8. The maximum absolute atomic E-state index is 13.0. The summed E-state index contributed by atoms with van der Waals surface area (Å²) in [4.78, 5) is 41.1. The molecular formula is C21H31N3O3. The first kappa shape index (κ1) is 20.9. The Morgan fingerprint density at radius 2 is 1.59 bits per heavy atom. The zero-order valence-corrected chi connectivity index (χ0v) is 17.2. The van der Waals surface area contributed by atoms with E-state index >= 15 is 0 Å². The van der Waals surface area contributed by atoms with Crippen molar-refractivity contribution in [1.29, 1.82) is 0 Å². The van der Waals surface area contributed by atoms with Gasteiger partial charge in [0.15, 0.2) is 0 Å². The first-order chi connectivity index (χ1) is 12.5. The van der Waals surface area contributed by atoms with Gasteiger partial charge >= 0.3 is 6.03 Å². The quantitative estimate of drug-likeness (QED) is 0.747. The zero-order chi connectivity index (χ0) is 20.4. The third-order valence-corrected chi connectivity index (χ3v) is 4.72. The topological polar surface area (TPSA) is 69.7 Å². The van der Waals surface area contributed by atoms with Crippen LogP contribution in [0.1, 0.15) is 45.7 Å². The second kappa shape index (κ2) is 8.11. The maximum Gasteiger partial charge on any atom is 0.325 e. The fourth-order valence-electron chi connectivity index (χ4n) is 3.32. The predicted molar refractivity (Wildman–Crippen MR) is 105 cm³/mol. The first-order valence-electron chi connectivity index (χ1n) is 9.53. The highest BCUT2D eigenvalue weighted by atomic mass is 16.2. The van der Waals surface area contributed by atoms with Gasteiger partial charge in [-0.25, -0.2) is 4.79 Å². The third kappa shape index (κ3) is 4.67. The van der Waals surface area contributed by atoms with Crippen LogP contribution in [0.25, 0.3) is 0 Å². The van der Waals surface area contributed by atoms with E-state index in [1.54, 1.807) is 11.8 Å². The van der Waals surface area contributed by atoms with E-state index in [2.05, 4.69) is 5.32 Å². The molecule has 1 N–H and O–H groups in total. The molecule has 1 saturated heterocycles. The van der Waals surface area contributed by atoms with Crippen LogP contribution in [0.15, 0.2) is 24.3 Å². The summed E-state index contributed by atoms with van der Waals surface area (Å²) < 4.78 is 0. The molecule has 1 fully saturated rings. The molecule has 1 heterocycles. The lowest BCUT2D eigenvalue weighted by molar-refractivity contribution is -0.139. The third-order valence-electron chi connectivity index (χ3n) is 4.72. The van der Waals surface area contributed by atoms with Crippen molar-refractivity contribution in [3.05, 3.63) is 35.4 Å². The molecular weight excluding hydrogens is 342 g/mol. The summed E-state index contributed by atoms with van der Waals surface area (Å²) in [5.74, 6) is 0.0371. The molecule has 0 radical (unpaired) electrons. The van der Waals surface area contributed by atoms with Crippen LogP contribution in [0.5, 0.6) is 0 Å². The number of carbonyl (C=O) groups is 3. The van der Waals surface area contributed by atoms with Crippen molar-refractivity contribution in [3.8, 4) is 0 Å². The van der Waals surface area contributed by atoms with Crippen LogP contribution in [-0.2, 0) is 15.1 Å². The van der Waals surface area contributed by atoms with Gasteiger partial charge in [0, 0.05) is 13.1 Å². The molecule has 1 unspecified atom stereocenters. The van der Waals surface area contributed by atoms with Crippen LogP contribution in [-0.4, -0.2) is 47.3 Å². The van der Waals surface area contributed by atoms with Crippen molar-refractivity contribution in [2.75, 3.05) is 19.6 Å². The van der Waals surface area contributed by atoms with E-state index in [4.69, 9.17) is 0 Å². The van der Waals surface area contributed by atoms with Crippen LogP contribution >= 0.6 is 0 Å². The van der Waals surface area contributed by atoms with E-state index in [-0.39, 0.29) is 12.5 Å². The van der Waals surface area contributed by atoms with E-state index in [9.17, 15) is 14.4 Å². The largest absolute Gasteiger partial charge is 0.341 e. The van der Waals surface area contributed by atoms with E-state index in [0.717, 1.165) is 10.5 Å². The van der Waals surface area contributed by atoms with E-state index in [1.807, 2.05) is 58.9 Å². The van der Waals surface area contributed by atoms with Gasteiger partial charge in [-0.05, 0) is 31.2 Å². The van der Waals surface area contributed by atoms with Crippen molar-refractivity contribution in [3.63, 3.8) is 0 Å². The highest BCUT2D eigenvalue weighted by Crippen LogP contribution is 2.29. The molecule has 1 aromatic rings. The molecule has 6 heteroatoms. The minimum absolute atomic E-state index is 0.200. The smallest absolute Gasteiger partial charge is 0.325 e. The van der Waals surface area contributed by atoms with Gasteiger partial charge in [-0.1, -0.05) is 57.5 Å². The molecule has 6 nitrogen and oxygen atoms in total.